The first kappa shape index (κ1) is 13.5. The number of anilines is 1. The fourth-order valence-electron chi connectivity index (χ4n) is 1.67. The Kier molecular flexibility index (Phi) is 3.95. The molecular formula is C14H13N3O3. The maximum atomic E-state index is 11.6. The molecule has 2 rings (SSSR count). The maximum Gasteiger partial charge on any atom is 0.328 e. The van der Waals surface area contributed by atoms with Gasteiger partial charge in [-0.05, 0) is 19.1 Å². The molecule has 0 aliphatic carbocycles. The summed E-state index contributed by atoms with van der Waals surface area (Å²) in [6.07, 6.45) is 1.74. The van der Waals surface area contributed by atoms with E-state index in [2.05, 4.69) is 10.4 Å². The quantitative estimate of drug-likeness (QED) is 0.830. The van der Waals surface area contributed by atoms with Crippen LogP contribution < -0.4 is 5.32 Å². The second-order valence-corrected chi connectivity index (χ2v) is 4.08. The van der Waals surface area contributed by atoms with Crippen LogP contribution in [0.4, 0.5) is 5.82 Å². The van der Waals surface area contributed by atoms with Crippen molar-refractivity contribution in [3.63, 3.8) is 0 Å². The predicted octanol–water partition coefficient (Wildman–Crippen LogP) is 1.76. The molecule has 0 unspecified atom stereocenters. The summed E-state index contributed by atoms with van der Waals surface area (Å²) >= 11 is 0. The Morgan fingerprint density at radius 3 is 2.60 bits per heavy atom. The van der Waals surface area contributed by atoms with E-state index in [1.54, 1.807) is 10.7 Å². The number of carbonyl (C=O) groups is 2. The van der Waals surface area contributed by atoms with Gasteiger partial charge in [0.2, 0.25) is 5.91 Å². The number of hydrogen-bond donors (Lipinski definition) is 2. The molecule has 0 fully saturated rings. The molecule has 0 bridgehead atoms. The summed E-state index contributed by atoms with van der Waals surface area (Å²) in [5.41, 5.74) is 1.55. The average Bonchev–Trinajstić information content (AvgIpc) is 2.78. The lowest BCUT2D eigenvalue weighted by Crippen LogP contribution is -2.12. The van der Waals surface area contributed by atoms with Crippen LogP contribution in [0.25, 0.3) is 5.69 Å². The van der Waals surface area contributed by atoms with Crippen molar-refractivity contribution in [1.29, 1.82) is 0 Å². The molecular weight excluding hydrogens is 258 g/mol. The van der Waals surface area contributed by atoms with Crippen LogP contribution in [0.15, 0.2) is 48.6 Å². The SMILES string of the molecule is Cc1cc(NC(=O)/C=C\C(=O)O)n(-c2ccccc2)n1. The van der Waals surface area contributed by atoms with Crippen LogP contribution >= 0.6 is 0 Å². The number of carboxylic acids is 1. The Bertz CT molecular complexity index is 660. The van der Waals surface area contributed by atoms with Crippen LogP contribution in [-0.4, -0.2) is 26.8 Å². The van der Waals surface area contributed by atoms with Crippen LogP contribution in [0.3, 0.4) is 0 Å². The zero-order valence-corrected chi connectivity index (χ0v) is 10.8. The molecule has 1 heterocycles. The molecule has 20 heavy (non-hydrogen) atoms. The fraction of sp³-hybridized carbons (Fsp3) is 0.0714. The number of aliphatic carboxylic acids is 1. The Hall–Kier alpha value is -2.89. The third kappa shape index (κ3) is 3.32. The molecule has 2 aromatic rings. The number of benzene rings is 1. The first-order chi connectivity index (χ1) is 9.56. The van der Waals surface area contributed by atoms with Gasteiger partial charge < -0.3 is 10.4 Å². The fourth-order valence-corrected chi connectivity index (χ4v) is 1.67. The summed E-state index contributed by atoms with van der Waals surface area (Å²) in [5, 5.41) is 15.4. The van der Waals surface area contributed by atoms with Crippen molar-refractivity contribution in [2.24, 2.45) is 0 Å². The second kappa shape index (κ2) is 5.83. The molecule has 1 aromatic heterocycles. The van der Waals surface area contributed by atoms with Gasteiger partial charge in [0.05, 0.1) is 11.4 Å². The highest BCUT2D eigenvalue weighted by Crippen LogP contribution is 2.16. The predicted molar refractivity (Wildman–Crippen MR) is 73.7 cm³/mol. The number of carbonyl (C=O) groups excluding carboxylic acids is 1. The van der Waals surface area contributed by atoms with Crippen LogP contribution in [0, 0.1) is 6.92 Å². The summed E-state index contributed by atoms with van der Waals surface area (Å²) in [5.74, 6) is -1.22. The Morgan fingerprint density at radius 2 is 1.95 bits per heavy atom. The van der Waals surface area contributed by atoms with Crippen molar-refractivity contribution >= 4 is 17.7 Å². The molecule has 0 spiro atoms. The summed E-state index contributed by atoms with van der Waals surface area (Å²) in [6, 6.07) is 11.0. The highest BCUT2D eigenvalue weighted by atomic mass is 16.4. The van der Waals surface area contributed by atoms with Gasteiger partial charge in [-0.25, -0.2) is 9.48 Å². The smallest absolute Gasteiger partial charge is 0.328 e. The van der Waals surface area contributed by atoms with Crippen molar-refractivity contribution in [3.05, 3.63) is 54.2 Å². The van der Waals surface area contributed by atoms with Gasteiger partial charge in [0, 0.05) is 18.2 Å². The van der Waals surface area contributed by atoms with E-state index in [4.69, 9.17) is 5.11 Å². The third-order valence-corrected chi connectivity index (χ3v) is 2.46. The largest absolute Gasteiger partial charge is 0.478 e. The average molecular weight is 271 g/mol. The first-order valence-corrected chi connectivity index (χ1v) is 5.90. The summed E-state index contributed by atoms with van der Waals surface area (Å²) in [6.45, 7) is 1.81. The number of aryl methyl sites for hydroxylation is 1. The minimum Gasteiger partial charge on any atom is -0.478 e. The molecule has 1 aromatic carbocycles. The zero-order valence-electron chi connectivity index (χ0n) is 10.8. The molecule has 0 aliphatic heterocycles. The second-order valence-electron chi connectivity index (χ2n) is 4.08. The van der Waals surface area contributed by atoms with Crippen molar-refractivity contribution in [3.8, 4) is 5.69 Å². The first-order valence-electron chi connectivity index (χ1n) is 5.90. The molecule has 0 aliphatic rings. The monoisotopic (exact) mass is 271 g/mol. The van der Waals surface area contributed by atoms with E-state index < -0.39 is 11.9 Å². The minimum atomic E-state index is -1.17. The standard InChI is InChI=1S/C14H13N3O3/c1-10-9-12(15-13(18)7-8-14(19)20)17(16-10)11-5-3-2-4-6-11/h2-9H,1H3,(H,15,18)(H,19,20)/b8-7-. The highest BCUT2D eigenvalue weighted by Gasteiger charge is 2.09. The van der Waals surface area contributed by atoms with Gasteiger partial charge in [-0.3, -0.25) is 4.79 Å². The van der Waals surface area contributed by atoms with Gasteiger partial charge in [0.15, 0.2) is 0 Å². The Labute approximate surface area is 115 Å². The topological polar surface area (TPSA) is 84.2 Å². The van der Waals surface area contributed by atoms with Gasteiger partial charge in [-0.1, -0.05) is 18.2 Å². The van der Waals surface area contributed by atoms with Gasteiger partial charge in [0.1, 0.15) is 5.82 Å². The van der Waals surface area contributed by atoms with Crippen LogP contribution in [0.2, 0.25) is 0 Å². The number of hydrogen-bond acceptors (Lipinski definition) is 3. The Balaban J connectivity index is 2.25. The van der Waals surface area contributed by atoms with E-state index in [9.17, 15) is 9.59 Å². The van der Waals surface area contributed by atoms with E-state index in [0.29, 0.717) is 5.82 Å². The molecule has 1 amide bonds. The van der Waals surface area contributed by atoms with E-state index in [1.165, 1.54) is 0 Å². The summed E-state index contributed by atoms with van der Waals surface area (Å²) in [7, 11) is 0. The zero-order chi connectivity index (χ0) is 14.5. The van der Waals surface area contributed by atoms with Crippen LogP contribution in [0.1, 0.15) is 5.69 Å². The molecule has 6 nitrogen and oxygen atoms in total. The number of nitrogens with zero attached hydrogens (tertiary/aromatic N) is 2. The number of carboxylic acid groups (broad SMARTS) is 1. The normalized spacial score (nSPS) is 10.7. The Morgan fingerprint density at radius 1 is 1.25 bits per heavy atom. The summed E-state index contributed by atoms with van der Waals surface area (Å²) in [4.78, 5) is 22.0. The number of aromatic nitrogens is 2. The molecule has 2 N–H and O–H groups in total. The lowest BCUT2D eigenvalue weighted by Gasteiger charge is -2.07. The van der Waals surface area contributed by atoms with Crippen molar-refractivity contribution < 1.29 is 14.7 Å². The van der Waals surface area contributed by atoms with Crippen LogP contribution in [-0.2, 0) is 9.59 Å². The number of para-hydroxylation sites is 1. The maximum absolute atomic E-state index is 11.6. The lowest BCUT2D eigenvalue weighted by atomic mass is 10.3. The summed E-state index contributed by atoms with van der Waals surface area (Å²) < 4.78 is 1.59. The highest BCUT2D eigenvalue weighted by molar-refractivity contribution is 6.02. The van der Waals surface area contributed by atoms with Gasteiger partial charge in [-0.2, -0.15) is 5.10 Å². The molecule has 6 heteroatoms. The molecule has 102 valence electrons. The third-order valence-electron chi connectivity index (χ3n) is 2.46. The van der Waals surface area contributed by atoms with E-state index in [0.717, 1.165) is 23.5 Å². The van der Waals surface area contributed by atoms with Gasteiger partial charge in [-0.15, -0.1) is 0 Å². The van der Waals surface area contributed by atoms with Crippen LogP contribution in [0.5, 0.6) is 0 Å². The van der Waals surface area contributed by atoms with Gasteiger partial charge >= 0.3 is 5.97 Å². The molecule has 0 saturated carbocycles. The number of rotatable bonds is 4. The van der Waals surface area contributed by atoms with Gasteiger partial charge in [0.25, 0.3) is 0 Å². The van der Waals surface area contributed by atoms with Crippen molar-refractivity contribution in [2.45, 2.75) is 6.92 Å². The minimum absolute atomic E-state index is 0.480. The number of amides is 1. The number of nitrogens with one attached hydrogen (secondary N) is 1. The van der Waals surface area contributed by atoms with Crippen molar-refractivity contribution in [1.82, 2.24) is 9.78 Å². The van der Waals surface area contributed by atoms with E-state index in [-0.39, 0.29) is 0 Å². The van der Waals surface area contributed by atoms with E-state index >= 15 is 0 Å². The lowest BCUT2D eigenvalue weighted by molar-refractivity contribution is -0.131. The molecule has 0 atom stereocenters. The van der Waals surface area contributed by atoms with E-state index in [1.807, 2.05) is 37.3 Å². The molecule has 0 radical (unpaired) electrons. The molecule has 0 saturated heterocycles. The van der Waals surface area contributed by atoms with Crippen molar-refractivity contribution in [2.75, 3.05) is 5.32 Å².